The molecular weight excluding hydrogens is 386 g/mol. The molecule has 2 aromatic heterocycles. The molecule has 0 radical (unpaired) electrons. The van der Waals surface area contributed by atoms with Gasteiger partial charge in [0.05, 0.1) is 5.69 Å². The minimum Gasteiger partial charge on any atom is -0.336 e. The van der Waals surface area contributed by atoms with Crippen LogP contribution in [0.2, 0.25) is 0 Å². The molecule has 0 saturated carbocycles. The maximum absolute atomic E-state index is 12.5. The summed E-state index contributed by atoms with van der Waals surface area (Å²) in [6, 6.07) is 14.5. The van der Waals surface area contributed by atoms with Crippen molar-refractivity contribution in [2.45, 2.75) is 0 Å². The van der Waals surface area contributed by atoms with Crippen LogP contribution in [0.15, 0.2) is 66.3 Å². The van der Waals surface area contributed by atoms with Gasteiger partial charge in [-0.1, -0.05) is 12.1 Å². The molecule has 1 aliphatic rings. The molecule has 3 amide bonds. The highest BCUT2D eigenvalue weighted by Crippen LogP contribution is 2.23. The summed E-state index contributed by atoms with van der Waals surface area (Å²) in [6.45, 7) is 1.26. The average molecular weight is 403 g/mol. The van der Waals surface area contributed by atoms with E-state index in [2.05, 4.69) is 15.6 Å². The van der Waals surface area contributed by atoms with Crippen molar-refractivity contribution in [3.05, 3.63) is 71.9 Å². The van der Waals surface area contributed by atoms with Crippen molar-refractivity contribution in [3.63, 3.8) is 0 Å². The van der Waals surface area contributed by atoms with Gasteiger partial charge in [-0.25, -0.2) is 9.78 Å². The number of fused-ring (bicyclic) bond motifs is 1. The summed E-state index contributed by atoms with van der Waals surface area (Å²) in [5, 5.41) is 7.66. The zero-order chi connectivity index (χ0) is 19.8. The van der Waals surface area contributed by atoms with Crippen LogP contribution >= 0.6 is 11.3 Å². The first-order valence-corrected chi connectivity index (χ1v) is 10.0. The molecule has 2 aromatic carbocycles. The Bertz CT molecular complexity index is 1170. The molecule has 3 heterocycles. The van der Waals surface area contributed by atoms with Crippen LogP contribution in [0.5, 0.6) is 0 Å². The second-order valence-electron chi connectivity index (χ2n) is 6.68. The summed E-state index contributed by atoms with van der Waals surface area (Å²) in [5.74, 6) is -0.197. The lowest BCUT2D eigenvalue weighted by atomic mass is 10.1. The molecule has 1 fully saturated rings. The Morgan fingerprint density at radius 1 is 1.10 bits per heavy atom. The number of hydrogen-bond donors (Lipinski definition) is 2. The topological polar surface area (TPSA) is 78.7 Å². The summed E-state index contributed by atoms with van der Waals surface area (Å²) >= 11 is 1.59. The molecule has 8 heteroatoms. The van der Waals surface area contributed by atoms with Gasteiger partial charge in [-0.15, -0.1) is 11.3 Å². The van der Waals surface area contributed by atoms with Gasteiger partial charge in [-0.2, -0.15) is 0 Å². The number of thiazole rings is 1. The van der Waals surface area contributed by atoms with E-state index in [4.69, 9.17) is 0 Å². The Morgan fingerprint density at radius 2 is 1.90 bits per heavy atom. The molecule has 29 heavy (non-hydrogen) atoms. The van der Waals surface area contributed by atoms with E-state index in [1.807, 2.05) is 46.4 Å². The van der Waals surface area contributed by atoms with E-state index < -0.39 is 0 Å². The van der Waals surface area contributed by atoms with Crippen LogP contribution in [0.25, 0.3) is 16.2 Å². The summed E-state index contributed by atoms with van der Waals surface area (Å²) in [6.07, 6.45) is 3.97. The van der Waals surface area contributed by atoms with Gasteiger partial charge < -0.3 is 10.6 Å². The number of hydrogen-bond acceptors (Lipinski definition) is 4. The zero-order valence-corrected chi connectivity index (χ0v) is 16.1. The van der Waals surface area contributed by atoms with Crippen molar-refractivity contribution in [2.24, 2.45) is 0 Å². The number of imidazole rings is 1. The standard InChI is InChI=1S/C21H17N5O2S/c27-19(15-3-7-17(8-4-15)26-10-9-22-20(26)28)23-16-5-1-14(2-6-16)18-13-25-11-12-29-21(25)24-18/h1-8,11-13H,9-10H2,(H,22,28)(H,23,27). The molecule has 0 atom stereocenters. The monoisotopic (exact) mass is 403 g/mol. The summed E-state index contributed by atoms with van der Waals surface area (Å²) in [5.41, 5.74) is 3.92. The smallest absolute Gasteiger partial charge is 0.321 e. The Balaban J connectivity index is 1.28. The lowest BCUT2D eigenvalue weighted by Gasteiger charge is -2.14. The van der Waals surface area contributed by atoms with Crippen LogP contribution in [0.1, 0.15) is 10.4 Å². The van der Waals surface area contributed by atoms with E-state index >= 15 is 0 Å². The van der Waals surface area contributed by atoms with Crippen molar-refractivity contribution < 1.29 is 9.59 Å². The third-order valence-corrected chi connectivity index (χ3v) is 5.60. The Hall–Kier alpha value is -3.65. The molecule has 144 valence electrons. The molecule has 0 spiro atoms. The van der Waals surface area contributed by atoms with E-state index in [1.54, 1.807) is 40.5 Å². The number of carbonyl (C=O) groups excluding carboxylic acids is 2. The maximum Gasteiger partial charge on any atom is 0.321 e. The highest BCUT2D eigenvalue weighted by molar-refractivity contribution is 7.15. The number of anilines is 2. The van der Waals surface area contributed by atoms with Gasteiger partial charge in [-0.05, 0) is 36.4 Å². The van der Waals surface area contributed by atoms with Crippen molar-refractivity contribution in [3.8, 4) is 11.3 Å². The molecule has 0 aliphatic carbocycles. The third kappa shape index (κ3) is 3.34. The number of nitrogens with zero attached hydrogens (tertiary/aromatic N) is 3. The second kappa shape index (κ2) is 7.06. The van der Waals surface area contributed by atoms with Gasteiger partial charge in [0.15, 0.2) is 4.96 Å². The fourth-order valence-electron chi connectivity index (χ4n) is 3.30. The number of benzene rings is 2. The van der Waals surface area contributed by atoms with Gasteiger partial charge >= 0.3 is 6.03 Å². The van der Waals surface area contributed by atoms with Crippen molar-refractivity contribution in [1.82, 2.24) is 14.7 Å². The van der Waals surface area contributed by atoms with Crippen molar-refractivity contribution in [2.75, 3.05) is 23.3 Å². The molecule has 5 rings (SSSR count). The SMILES string of the molecule is O=C(Nc1ccc(-c2cn3ccsc3n2)cc1)c1ccc(N2CCNC2=O)cc1. The predicted molar refractivity (Wildman–Crippen MR) is 114 cm³/mol. The first-order chi connectivity index (χ1) is 14.2. The number of amides is 3. The van der Waals surface area contributed by atoms with Crippen LogP contribution in [0.4, 0.5) is 16.2 Å². The van der Waals surface area contributed by atoms with E-state index in [-0.39, 0.29) is 11.9 Å². The largest absolute Gasteiger partial charge is 0.336 e. The van der Waals surface area contributed by atoms with Gasteiger partial charge in [0.25, 0.3) is 5.91 Å². The predicted octanol–water partition coefficient (Wildman–Crippen LogP) is 3.84. The summed E-state index contributed by atoms with van der Waals surface area (Å²) in [7, 11) is 0. The second-order valence-corrected chi connectivity index (χ2v) is 7.55. The molecule has 4 aromatic rings. The minimum absolute atomic E-state index is 0.111. The molecule has 0 unspecified atom stereocenters. The number of rotatable bonds is 4. The summed E-state index contributed by atoms with van der Waals surface area (Å²) in [4.78, 5) is 31.5. The fraction of sp³-hybridized carbons (Fsp3) is 0.0952. The van der Waals surface area contributed by atoms with Crippen LogP contribution < -0.4 is 15.5 Å². The number of nitrogens with one attached hydrogen (secondary N) is 2. The molecule has 1 saturated heterocycles. The van der Waals surface area contributed by atoms with Crippen LogP contribution in [0, 0.1) is 0 Å². The fourth-order valence-corrected chi connectivity index (χ4v) is 4.00. The molecule has 7 nitrogen and oxygen atoms in total. The quantitative estimate of drug-likeness (QED) is 0.543. The lowest BCUT2D eigenvalue weighted by molar-refractivity contribution is 0.102. The van der Waals surface area contributed by atoms with E-state index in [9.17, 15) is 9.59 Å². The first-order valence-electron chi connectivity index (χ1n) is 9.17. The average Bonchev–Trinajstić information content (AvgIpc) is 3.45. The minimum atomic E-state index is -0.197. The molecular formula is C21H17N5O2S. The van der Waals surface area contributed by atoms with Gasteiger partial charge in [0.1, 0.15) is 0 Å². The Morgan fingerprint density at radius 3 is 2.59 bits per heavy atom. The van der Waals surface area contributed by atoms with Crippen molar-refractivity contribution >= 4 is 39.6 Å². The highest BCUT2D eigenvalue weighted by atomic mass is 32.1. The van der Waals surface area contributed by atoms with E-state index in [0.29, 0.717) is 24.3 Å². The third-order valence-electron chi connectivity index (χ3n) is 4.83. The maximum atomic E-state index is 12.5. The van der Waals surface area contributed by atoms with Crippen LogP contribution in [-0.2, 0) is 0 Å². The number of carbonyl (C=O) groups is 2. The van der Waals surface area contributed by atoms with Crippen LogP contribution in [0.3, 0.4) is 0 Å². The first kappa shape index (κ1) is 17.4. The highest BCUT2D eigenvalue weighted by Gasteiger charge is 2.21. The molecule has 0 bridgehead atoms. The van der Waals surface area contributed by atoms with Gasteiger partial charge in [0.2, 0.25) is 0 Å². The number of urea groups is 1. The van der Waals surface area contributed by atoms with E-state index in [1.165, 1.54) is 0 Å². The Labute approximate surface area is 170 Å². The van der Waals surface area contributed by atoms with Gasteiger partial charge in [0, 0.05) is 53.4 Å². The van der Waals surface area contributed by atoms with E-state index in [0.717, 1.165) is 21.9 Å². The summed E-state index contributed by atoms with van der Waals surface area (Å²) < 4.78 is 1.99. The molecule has 2 N–H and O–H groups in total. The lowest BCUT2D eigenvalue weighted by Crippen LogP contribution is -2.27. The zero-order valence-electron chi connectivity index (χ0n) is 15.3. The Kier molecular flexibility index (Phi) is 4.25. The number of aromatic nitrogens is 2. The van der Waals surface area contributed by atoms with Crippen LogP contribution in [-0.4, -0.2) is 34.4 Å². The molecule has 1 aliphatic heterocycles. The normalized spacial score (nSPS) is 13.7. The van der Waals surface area contributed by atoms with Gasteiger partial charge in [-0.3, -0.25) is 14.1 Å². The van der Waals surface area contributed by atoms with Crippen molar-refractivity contribution in [1.29, 1.82) is 0 Å².